The van der Waals surface area contributed by atoms with Gasteiger partial charge in [0.1, 0.15) is 6.54 Å². The molecule has 2 aromatic rings. The maximum Gasteiger partial charge on any atom is 0.317 e. The highest BCUT2D eigenvalue weighted by atomic mass is 16.5. The number of nitrogens with one attached hydrogen (secondary N) is 1. The fourth-order valence-electron chi connectivity index (χ4n) is 3.26. The van der Waals surface area contributed by atoms with E-state index in [0.29, 0.717) is 30.7 Å². The summed E-state index contributed by atoms with van der Waals surface area (Å²) in [4.78, 5) is 36.0. The van der Waals surface area contributed by atoms with Crippen molar-refractivity contribution in [1.82, 2.24) is 30.2 Å². The van der Waals surface area contributed by atoms with Crippen molar-refractivity contribution in [3.63, 3.8) is 0 Å². The van der Waals surface area contributed by atoms with Crippen LogP contribution in [0.25, 0.3) is 11.4 Å². The van der Waals surface area contributed by atoms with Crippen LogP contribution in [0.5, 0.6) is 0 Å². The standard InChI is InChI=1S/C18H22N6O3/c1-23(11-15-21-17(22-27-15)13-3-2-6-19-9-13)18(26)20-8-12-7-16(25)24(10-12)14-4-5-14/h2-3,6,9,12,14H,4-5,7-8,10-11H2,1H3,(H,20,26). The number of rotatable bonds is 6. The van der Waals surface area contributed by atoms with E-state index >= 15 is 0 Å². The number of nitrogens with zero attached hydrogens (tertiary/aromatic N) is 5. The molecule has 3 heterocycles. The monoisotopic (exact) mass is 370 g/mol. The van der Waals surface area contributed by atoms with Crippen molar-refractivity contribution in [3.05, 3.63) is 30.4 Å². The second-order valence-corrected chi connectivity index (χ2v) is 7.14. The van der Waals surface area contributed by atoms with E-state index in [1.54, 1.807) is 25.5 Å². The van der Waals surface area contributed by atoms with E-state index in [2.05, 4.69) is 20.4 Å². The quantitative estimate of drug-likeness (QED) is 0.821. The average Bonchev–Trinajstić information content (AvgIpc) is 3.30. The van der Waals surface area contributed by atoms with Crippen molar-refractivity contribution >= 4 is 11.9 Å². The summed E-state index contributed by atoms with van der Waals surface area (Å²) < 4.78 is 5.22. The second-order valence-electron chi connectivity index (χ2n) is 7.14. The molecule has 0 bridgehead atoms. The lowest BCUT2D eigenvalue weighted by atomic mass is 10.1. The summed E-state index contributed by atoms with van der Waals surface area (Å²) in [5.74, 6) is 1.17. The van der Waals surface area contributed by atoms with Gasteiger partial charge in [0.15, 0.2) is 0 Å². The molecule has 1 aliphatic heterocycles. The fraction of sp³-hybridized carbons (Fsp3) is 0.500. The molecule has 3 amide bonds. The molecule has 4 rings (SSSR count). The Balaban J connectivity index is 1.26. The Morgan fingerprint density at radius 1 is 1.44 bits per heavy atom. The van der Waals surface area contributed by atoms with E-state index in [4.69, 9.17) is 4.52 Å². The zero-order valence-electron chi connectivity index (χ0n) is 15.2. The number of pyridine rings is 1. The van der Waals surface area contributed by atoms with Crippen LogP contribution in [0.3, 0.4) is 0 Å². The van der Waals surface area contributed by atoms with Gasteiger partial charge in [-0.3, -0.25) is 9.78 Å². The molecule has 0 spiro atoms. The maximum atomic E-state index is 12.3. The predicted molar refractivity (Wildman–Crippen MR) is 95.2 cm³/mol. The highest BCUT2D eigenvalue weighted by molar-refractivity contribution is 5.79. The van der Waals surface area contributed by atoms with Gasteiger partial charge in [-0.1, -0.05) is 5.16 Å². The summed E-state index contributed by atoms with van der Waals surface area (Å²) in [7, 11) is 1.67. The molecule has 1 N–H and O–H groups in total. The summed E-state index contributed by atoms with van der Waals surface area (Å²) in [5.41, 5.74) is 0.755. The highest BCUT2D eigenvalue weighted by Crippen LogP contribution is 2.32. The van der Waals surface area contributed by atoms with Gasteiger partial charge in [0.05, 0.1) is 0 Å². The minimum absolute atomic E-state index is 0.177. The molecule has 1 saturated carbocycles. The number of carbonyl (C=O) groups excluding carboxylic acids is 2. The molecule has 2 fully saturated rings. The summed E-state index contributed by atoms with van der Waals surface area (Å²) in [5, 5.41) is 6.81. The smallest absolute Gasteiger partial charge is 0.317 e. The van der Waals surface area contributed by atoms with Crippen LogP contribution in [0, 0.1) is 5.92 Å². The van der Waals surface area contributed by atoms with Crippen LogP contribution in [-0.2, 0) is 11.3 Å². The zero-order chi connectivity index (χ0) is 18.8. The van der Waals surface area contributed by atoms with Gasteiger partial charge in [-0.25, -0.2) is 4.79 Å². The lowest BCUT2D eigenvalue weighted by Crippen LogP contribution is -2.39. The first-order chi connectivity index (χ1) is 13.1. The predicted octanol–water partition coefficient (Wildman–Crippen LogP) is 1.28. The molecule has 1 aliphatic carbocycles. The van der Waals surface area contributed by atoms with Crippen LogP contribution in [0.15, 0.2) is 29.0 Å². The van der Waals surface area contributed by atoms with E-state index in [1.807, 2.05) is 11.0 Å². The number of hydrogen-bond acceptors (Lipinski definition) is 6. The van der Waals surface area contributed by atoms with Crippen molar-refractivity contribution in [2.24, 2.45) is 5.92 Å². The van der Waals surface area contributed by atoms with Crippen LogP contribution >= 0.6 is 0 Å². The Morgan fingerprint density at radius 3 is 3.04 bits per heavy atom. The highest BCUT2D eigenvalue weighted by Gasteiger charge is 2.39. The number of amides is 3. The van der Waals surface area contributed by atoms with Crippen LogP contribution in [0.2, 0.25) is 0 Å². The average molecular weight is 370 g/mol. The van der Waals surface area contributed by atoms with Gasteiger partial charge in [-0.05, 0) is 25.0 Å². The molecule has 0 radical (unpaired) electrons. The van der Waals surface area contributed by atoms with E-state index in [1.165, 1.54) is 4.90 Å². The Kier molecular flexibility index (Phi) is 4.74. The maximum absolute atomic E-state index is 12.3. The Bertz CT molecular complexity index is 820. The molecule has 9 nitrogen and oxygen atoms in total. The van der Waals surface area contributed by atoms with Gasteiger partial charge in [0.2, 0.25) is 17.6 Å². The summed E-state index contributed by atoms with van der Waals surface area (Å²) in [6.07, 6.45) is 6.05. The first-order valence-electron chi connectivity index (χ1n) is 9.11. The molecule has 0 aromatic carbocycles. The third-order valence-electron chi connectivity index (χ3n) is 4.88. The number of aromatic nitrogens is 3. The van der Waals surface area contributed by atoms with E-state index in [9.17, 15) is 9.59 Å². The first-order valence-corrected chi connectivity index (χ1v) is 9.11. The largest absolute Gasteiger partial charge is 0.339 e. The zero-order valence-corrected chi connectivity index (χ0v) is 15.2. The normalized spacial score (nSPS) is 19.4. The lowest BCUT2D eigenvalue weighted by Gasteiger charge is -2.18. The first kappa shape index (κ1) is 17.4. The molecule has 1 unspecified atom stereocenters. The van der Waals surface area contributed by atoms with Crippen LogP contribution in [0.1, 0.15) is 25.2 Å². The number of carbonyl (C=O) groups is 2. The molecule has 1 atom stereocenters. The van der Waals surface area contributed by atoms with Crippen molar-refractivity contribution in [2.75, 3.05) is 20.1 Å². The molecule has 27 heavy (non-hydrogen) atoms. The van der Waals surface area contributed by atoms with Crippen molar-refractivity contribution in [1.29, 1.82) is 0 Å². The van der Waals surface area contributed by atoms with E-state index in [-0.39, 0.29) is 24.4 Å². The van der Waals surface area contributed by atoms with Crippen molar-refractivity contribution in [3.8, 4) is 11.4 Å². The Labute approximate surface area is 156 Å². The van der Waals surface area contributed by atoms with Crippen LogP contribution in [-0.4, -0.2) is 63.0 Å². The van der Waals surface area contributed by atoms with Crippen molar-refractivity contribution in [2.45, 2.75) is 31.8 Å². The molecule has 9 heteroatoms. The second kappa shape index (κ2) is 7.34. The van der Waals surface area contributed by atoms with Gasteiger partial charge in [-0.15, -0.1) is 0 Å². The van der Waals surface area contributed by atoms with Gasteiger partial charge in [0, 0.05) is 56.5 Å². The van der Waals surface area contributed by atoms with Gasteiger partial charge in [-0.2, -0.15) is 4.98 Å². The number of urea groups is 1. The Hall–Kier alpha value is -2.97. The molecule has 2 aliphatic rings. The molecule has 2 aromatic heterocycles. The van der Waals surface area contributed by atoms with Gasteiger partial charge in [0.25, 0.3) is 0 Å². The topological polar surface area (TPSA) is 104 Å². The number of likely N-dealkylation sites (tertiary alicyclic amines) is 1. The SMILES string of the molecule is CN(Cc1nc(-c2cccnc2)no1)C(=O)NCC1CC(=O)N(C2CC2)C1. The third kappa shape index (κ3) is 4.07. The van der Waals surface area contributed by atoms with Gasteiger partial charge >= 0.3 is 6.03 Å². The third-order valence-corrected chi connectivity index (χ3v) is 4.88. The molecular formula is C18H22N6O3. The van der Waals surface area contributed by atoms with Gasteiger partial charge < -0.3 is 19.6 Å². The van der Waals surface area contributed by atoms with Crippen LogP contribution < -0.4 is 5.32 Å². The fourth-order valence-corrected chi connectivity index (χ4v) is 3.26. The lowest BCUT2D eigenvalue weighted by molar-refractivity contribution is -0.128. The van der Waals surface area contributed by atoms with Crippen LogP contribution in [0.4, 0.5) is 4.79 Å². The molecule has 142 valence electrons. The minimum atomic E-state index is -0.228. The van der Waals surface area contributed by atoms with Crippen molar-refractivity contribution < 1.29 is 14.1 Å². The summed E-state index contributed by atoms with van der Waals surface area (Å²) in [6, 6.07) is 3.84. The Morgan fingerprint density at radius 2 is 2.30 bits per heavy atom. The molecule has 1 saturated heterocycles. The number of hydrogen-bond donors (Lipinski definition) is 1. The summed E-state index contributed by atoms with van der Waals surface area (Å²) >= 11 is 0. The molecular weight excluding hydrogens is 348 g/mol. The summed E-state index contributed by atoms with van der Waals surface area (Å²) in [6.45, 7) is 1.44. The van der Waals surface area contributed by atoms with E-state index < -0.39 is 0 Å². The minimum Gasteiger partial charge on any atom is -0.339 e. The van der Waals surface area contributed by atoms with E-state index in [0.717, 1.165) is 24.9 Å².